The second kappa shape index (κ2) is 5.63. The maximum atomic E-state index is 4.41. The molecule has 1 saturated carbocycles. The molecule has 1 aliphatic carbocycles. The summed E-state index contributed by atoms with van der Waals surface area (Å²) in [6.45, 7) is 4.31. The molecule has 1 aliphatic rings. The minimum atomic E-state index is 0.397. The maximum Gasteiger partial charge on any atom is 0.138 e. The Morgan fingerprint density at radius 2 is 2.12 bits per heavy atom. The number of likely N-dealkylation sites (N-methyl/N-ethyl adjacent to an activating group) is 1. The molecule has 2 rings (SSSR count). The van der Waals surface area contributed by atoms with Crippen LogP contribution >= 0.6 is 0 Å². The Balaban J connectivity index is 2.04. The normalized spacial score (nSPS) is 19.1. The van der Waals surface area contributed by atoms with Crippen LogP contribution in [-0.2, 0) is 6.42 Å². The molecule has 1 N–H and O–H groups in total. The van der Waals surface area contributed by atoms with Gasteiger partial charge in [-0.15, -0.1) is 0 Å². The highest BCUT2D eigenvalue weighted by Gasteiger charge is 2.25. The molecule has 0 saturated heterocycles. The van der Waals surface area contributed by atoms with E-state index < -0.39 is 0 Å². The smallest absolute Gasteiger partial charge is 0.138 e. The number of hydrogen-bond donors (Lipinski definition) is 1. The molecule has 17 heavy (non-hydrogen) atoms. The van der Waals surface area contributed by atoms with Gasteiger partial charge >= 0.3 is 0 Å². The molecule has 1 heterocycles. The summed E-state index contributed by atoms with van der Waals surface area (Å²) >= 11 is 0. The maximum absolute atomic E-state index is 4.41. The van der Waals surface area contributed by atoms with Crippen LogP contribution in [0.1, 0.15) is 51.4 Å². The first kappa shape index (κ1) is 12.6. The Morgan fingerprint density at radius 3 is 2.71 bits per heavy atom. The average molecular weight is 236 g/mol. The first-order valence-corrected chi connectivity index (χ1v) is 6.78. The highest BCUT2D eigenvalue weighted by molar-refractivity contribution is 4.94. The Labute approximate surface area is 104 Å². The zero-order valence-electron chi connectivity index (χ0n) is 11.2. The van der Waals surface area contributed by atoms with Crippen molar-refractivity contribution in [2.75, 3.05) is 7.05 Å². The first-order valence-electron chi connectivity index (χ1n) is 6.78. The third-order valence-corrected chi connectivity index (χ3v) is 3.88. The summed E-state index contributed by atoms with van der Waals surface area (Å²) in [6.07, 6.45) is 8.18. The zero-order chi connectivity index (χ0) is 12.3. The summed E-state index contributed by atoms with van der Waals surface area (Å²) in [5, 5.41) is 7.77. The Hall–Kier alpha value is -0.900. The minimum Gasteiger partial charge on any atom is -0.316 e. The Kier molecular flexibility index (Phi) is 4.15. The number of hydrogen-bond acceptors (Lipinski definition) is 3. The zero-order valence-corrected chi connectivity index (χ0v) is 11.2. The van der Waals surface area contributed by atoms with Crippen molar-refractivity contribution in [2.24, 2.45) is 5.92 Å². The van der Waals surface area contributed by atoms with Gasteiger partial charge in [0.05, 0.1) is 0 Å². The van der Waals surface area contributed by atoms with Crippen LogP contribution in [0.25, 0.3) is 0 Å². The van der Waals surface area contributed by atoms with Crippen LogP contribution < -0.4 is 5.32 Å². The van der Waals surface area contributed by atoms with E-state index >= 15 is 0 Å². The summed E-state index contributed by atoms with van der Waals surface area (Å²) in [5.41, 5.74) is 0. The van der Waals surface area contributed by atoms with Gasteiger partial charge in [0, 0.05) is 18.5 Å². The minimum absolute atomic E-state index is 0.397. The second-order valence-electron chi connectivity index (χ2n) is 5.36. The van der Waals surface area contributed by atoms with Crippen molar-refractivity contribution < 1.29 is 0 Å². The monoisotopic (exact) mass is 236 g/mol. The fourth-order valence-electron chi connectivity index (χ4n) is 2.91. The van der Waals surface area contributed by atoms with Crippen molar-refractivity contribution in [3.05, 3.63) is 12.2 Å². The summed E-state index contributed by atoms with van der Waals surface area (Å²) in [6, 6.07) is 0.952. The fourth-order valence-corrected chi connectivity index (χ4v) is 2.91. The lowest BCUT2D eigenvalue weighted by Crippen LogP contribution is -2.35. The van der Waals surface area contributed by atoms with E-state index in [0.29, 0.717) is 12.1 Å². The van der Waals surface area contributed by atoms with Gasteiger partial charge in [0.2, 0.25) is 0 Å². The largest absolute Gasteiger partial charge is 0.316 e. The third kappa shape index (κ3) is 2.86. The molecule has 1 fully saturated rings. The summed E-state index contributed by atoms with van der Waals surface area (Å²) in [5.74, 6) is 1.93. The molecule has 4 heteroatoms. The lowest BCUT2D eigenvalue weighted by molar-refractivity contribution is 0.361. The number of rotatable bonds is 5. The molecule has 0 radical (unpaired) electrons. The molecule has 96 valence electrons. The molecule has 1 atom stereocenters. The van der Waals surface area contributed by atoms with Gasteiger partial charge in [-0.3, -0.25) is 0 Å². The number of aromatic nitrogens is 3. The van der Waals surface area contributed by atoms with Crippen molar-refractivity contribution in [2.45, 2.75) is 58.0 Å². The number of nitrogens with zero attached hydrogens (tertiary/aromatic N) is 3. The lowest BCUT2D eigenvalue weighted by Gasteiger charge is -2.23. The molecular weight excluding hydrogens is 212 g/mol. The topological polar surface area (TPSA) is 42.7 Å². The summed E-state index contributed by atoms with van der Waals surface area (Å²) < 4.78 is 2.04. The molecule has 1 aromatic rings. The molecule has 0 bridgehead atoms. The van der Waals surface area contributed by atoms with Gasteiger partial charge in [0.1, 0.15) is 12.2 Å². The molecular formula is C13H24N4. The van der Waals surface area contributed by atoms with Crippen LogP contribution in [0.5, 0.6) is 0 Å². The van der Waals surface area contributed by atoms with E-state index in [2.05, 4.69) is 36.3 Å². The molecule has 1 aromatic heterocycles. The molecule has 1 unspecified atom stereocenters. The van der Waals surface area contributed by atoms with E-state index in [1.54, 1.807) is 6.33 Å². The van der Waals surface area contributed by atoms with E-state index in [9.17, 15) is 0 Å². The Morgan fingerprint density at radius 1 is 1.41 bits per heavy atom. The van der Waals surface area contributed by atoms with Crippen molar-refractivity contribution >= 4 is 0 Å². The van der Waals surface area contributed by atoms with Crippen molar-refractivity contribution in [1.82, 2.24) is 20.1 Å². The summed E-state index contributed by atoms with van der Waals surface area (Å²) in [4.78, 5) is 4.41. The average Bonchev–Trinajstić information content (AvgIpc) is 2.96. The highest BCUT2D eigenvalue weighted by Crippen LogP contribution is 2.29. The van der Waals surface area contributed by atoms with Crippen molar-refractivity contribution in [1.29, 1.82) is 0 Å². The van der Waals surface area contributed by atoms with Crippen molar-refractivity contribution in [3.63, 3.8) is 0 Å². The Bertz CT molecular complexity index is 339. The van der Waals surface area contributed by atoms with E-state index in [-0.39, 0.29) is 0 Å². The van der Waals surface area contributed by atoms with E-state index in [1.807, 2.05) is 4.68 Å². The molecule has 0 spiro atoms. The van der Waals surface area contributed by atoms with Crippen LogP contribution in [0.4, 0.5) is 0 Å². The fraction of sp³-hybridized carbons (Fsp3) is 0.846. The van der Waals surface area contributed by atoms with E-state index in [1.165, 1.54) is 25.7 Å². The van der Waals surface area contributed by atoms with Gasteiger partial charge < -0.3 is 5.32 Å². The third-order valence-electron chi connectivity index (χ3n) is 3.88. The van der Waals surface area contributed by atoms with Crippen LogP contribution in [0.3, 0.4) is 0 Å². The standard InChI is InChI=1S/C13H24N4/c1-10(2)17-13(15-9-16-17)8-12(14-3)11-6-4-5-7-11/h9-12,14H,4-8H2,1-3H3. The van der Waals surface area contributed by atoms with Crippen LogP contribution in [-0.4, -0.2) is 27.9 Å². The summed E-state index contributed by atoms with van der Waals surface area (Å²) in [7, 11) is 2.07. The van der Waals surface area contributed by atoms with Crippen LogP contribution in [0.2, 0.25) is 0 Å². The molecule has 0 amide bonds. The van der Waals surface area contributed by atoms with Gasteiger partial charge in [-0.2, -0.15) is 5.10 Å². The van der Waals surface area contributed by atoms with Gasteiger partial charge in [0.15, 0.2) is 0 Å². The van der Waals surface area contributed by atoms with Crippen LogP contribution in [0, 0.1) is 5.92 Å². The highest BCUT2D eigenvalue weighted by atomic mass is 15.3. The molecule has 4 nitrogen and oxygen atoms in total. The predicted octanol–water partition coefficient (Wildman–Crippen LogP) is 2.18. The molecule has 0 aromatic carbocycles. The van der Waals surface area contributed by atoms with Gasteiger partial charge in [-0.1, -0.05) is 12.8 Å². The van der Waals surface area contributed by atoms with Crippen LogP contribution in [0.15, 0.2) is 6.33 Å². The van der Waals surface area contributed by atoms with Gasteiger partial charge in [-0.25, -0.2) is 9.67 Å². The molecule has 0 aliphatic heterocycles. The van der Waals surface area contributed by atoms with Crippen molar-refractivity contribution in [3.8, 4) is 0 Å². The predicted molar refractivity (Wildman–Crippen MR) is 68.9 cm³/mol. The first-order chi connectivity index (χ1) is 8.22. The van der Waals surface area contributed by atoms with E-state index in [0.717, 1.165) is 18.2 Å². The van der Waals surface area contributed by atoms with Gasteiger partial charge in [0.25, 0.3) is 0 Å². The quantitative estimate of drug-likeness (QED) is 0.852. The lowest BCUT2D eigenvalue weighted by atomic mass is 9.95. The van der Waals surface area contributed by atoms with Gasteiger partial charge in [-0.05, 0) is 39.7 Å². The SMILES string of the molecule is CNC(Cc1ncnn1C(C)C)C1CCCC1. The number of nitrogens with one attached hydrogen (secondary N) is 1. The van der Waals surface area contributed by atoms with E-state index in [4.69, 9.17) is 0 Å². The second-order valence-corrected chi connectivity index (χ2v) is 5.36.